The smallest absolute Gasteiger partial charge is 0.257 e. The second-order valence-electron chi connectivity index (χ2n) is 6.88. The van der Waals surface area contributed by atoms with E-state index in [1.165, 1.54) is 5.56 Å². The first kappa shape index (κ1) is 20.6. The van der Waals surface area contributed by atoms with E-state index in [0.29, 0.717) is 29.0 Å². The van der Waals surface area contributed by atoms with Crippen molar-refractivity contribution in [3.63, 3.8) is 0 Å². The van der Waals surface area contributed by atoms with Crippen LogP contribution in [0.3, 0.4) is 0 Å². The highest BCUT2D eigenvalue weighted by atomic mass is 35.5. The fraction of sp³-hybridized carbons (Fsp3) is 0.174. The van der Waals surface area contributed by atoms with Crippen molar-refractivity contribution in [3.8, 4) is 0 Å². The summed E-state index contributed by atoms with van der Waals surface area (Å²) in [5.41, 5.74) is 3.59. The number of anilines is 1. The average molecular weight is 407 g/mol. The maximum absolute atomic E-state index is 12.6. The Balaban J connectivity index is 1.78. The lowest BCUT2D eigenvalue weighted by Crippen LogP contribution is -2.36. The highest BCUT2D eigenvalue weighted by Gasteiger charge is 2.10. The van der Waals surface area contributed by atoms with Gasteiger partial charge in [-0.15, -0.1) is 0 Å². The molecule has 148 valence electrons. The zero-order valence-corrected chi connectivity index (χ0v) is 17.1. The Hall–Kier alpha value is -3.18. The van der Waals surface area contributed by atoms with Gasteiger partial charge >= 0.3 is 0 Å². The van der Waals surface area contributed by atoms with Crippen molar-refractivity contribution >= 4 is 29.2 Å². The quantitative estimate of drug-likeness (QED) is 0.448. The summed E-state index contributed by atoms with van der Waals surface area (Å²) in [5.74, 6) is 0.564. The second-order valence-corrected chi connectivity index (χ2v) is 7.32. The number of hydrogen-bond donors (Lipinski definition) is 2. The van der Waals surface area contributed by atoms with Crippen LogP contribution in [0.1, 0.15) is 41.3 Å². The van der Waals surface area contributed by atoms with Gasteiger partial charge in [-0.05, 0) is 65.6 Å². The van der Waals surface area contributed by atoms with E-state index >= 15 is 0 Å². The fourth-order valence-electron chi connectivity index (χ4n) is 2.64. The van der Waals surface area contributed by atoms with Crippen LogP contribution < -0.4 is 10.6 Å². The van der Waals surface area contributed by atoms with Crippen molar-refractivity contribution in [1.82, 2.24) is 10.3 Å². The van der Waals surface area contributed by atoms with Crippen LogP contribution in [0.5, 0.6) is 0 Å². The molecule has 1 amide bonds. The number of nitrogens with zero attached hydrogens (tertiary/aromatic N) is 2. The van der Waals surface area contributed by atoms with E-state index in [1.807, 2.05) is 24.3 Å². The van der Waals surface area contributed by atoms with Gasteiger partial charge in [0.2, 0.25) is 5.96 Å². The first-order chi connectivity index (χ1) is 14.0. The molecule has 2 aromatic carbocycles. The van der Waals surface area contributed by atoms with Crippen LogP contribution in [0.4, 0.5) is 5.69 Å². The Morgan fingerprint density at radius 1 is 1.00 bits per heavy atom. The van der Waals surface area contributed by atoms with Gasteiger partial charge in [-0.1, -0.05) is 37.6 Å². The molecule has 3 aromatic rings. The summed E-state index contributed by atoms with van der Waals surface area (Å²) >= 11 is 5.91. The highest BCUT2D eigenvalue weighted by molar-refractivity contribution is 6.30. The predicted molar refractivity (Wildman–Crippen MR) is 118 cm³/mol. The van der Waals surface area contributed by atoms with E-state index in [1.54, 1.807) is 36.7 Å². The number of carbonyl (C=O) groups is 1. The summed E-state index contributed by atoms with van der Waals surface area (Å²) < 4.78 is 0. The van der Waals surface area contributed by atoms with Crippen molar-refractivity contribution in [2.45, 2.75) is 26.3 Å². The van der Waals surface area contributed by atoms with Gasteiger partial charge in [0.25, 0.3) is 5.91 Å². The molecule has 29 heavy (non-hydrogen) atoms. The molecule has 0 bridgehead atoms. The zero-order valence-electron chi connectivity index (χ0n) is 16.4. The number of guanidine groups is 1. The number of halogens is 1. The maximum atomic E-state index is 12.6. The first-order valence-electron chi connectivity index (χ1n) is 9.38. The van der Waals surface area contributed by atoms with E-state index in [9.17, 15) is 4.79 Å². The Morgan fingerprint density at radius 2 is 1.66 bits per heavy atom. The number of aromatic nitrogens is 1. The topological polar surface area (TPSA) is 66.4 Å². The number of benzene rings is 2. The fourth-order valence-corrected chi connectivity index (χ4v) is 2.76. The minimum atomic E-state index is -0.263. The normalized spacial score (nSPS) is 11.4. The van der Waals surface area contributed by atoms with Gasteiger partial charge in [-0.25, -0.2) is 4.99 Å². The van der Waals surface area contributed by atoms with Crippen LogP contribution in [0.2, 0.25) is 5.02 Å². The van der Waals surface area contributed by atoms with Crippen molar-refractivity contribution < 1.29 is 4.79 Å². The van der Waals surface area contributed by atoms with Gasteiger partial charge < -0.3 is 5.32 Å². The predicted octanol–water partition coefficient (Wildman–Crippen LogP) is 5.26. The second kappa shape index (κ2) is 9.85. The molecule has 0 radical (unpaired) electrons. The number of hydrogen-bond acceptors (Lipinski definition) is 3. The van der Waals surface area contributed by atoms with Crippen molar-refractivity contribution in [1.29, 1.82) is 0 Å². The molecule has 5 nitrogen and oxygen atoms in total. The lowest BCUT2D eigenvalue weighted by molar-refractivity contribution is 0.0977. The minimum absolute atomic E-state index is 0.263. The van der Waals surface area contributed by atoms with Crippen molar-refractivity contribution in [3.05, 3.63) is 94.8 Å². The number of rotatable bonds is 5. The number of carbonyl (C=O) groups excluding carboxylic acids is 1. The first-order valence-corrected chi connectivity index (χ1v) is 9.76. The van der Waals surface area contributed by atoms with Gasteiger partial charge in [0.1, 0.15) is 0 Å². The molecule has 1 heterocycles. The maximum Gasteiger partial charge on any atom is 0.257 e. The molecule has 0 saturated carbocycles. The minimum Gasteiger partial charge on any atom is -0.326 e. The molecule has 0 atom stereocenters. The molecule has 1 aromatic heterocycles. The number of pyridine rings is 1. The van der Waals surface area contributed by atoms with Gasteiger partial charge in [0.15, 0.2) is 0 Å². The van der Waals surface area contributed by atoms with Gasteiger partial charge in [0.05, 0.1) is 6.54 Å². The van der Waals surface area contributed by atoms with E-state index in [0.717, 1.165) is 11.3 Å². The monoisotopic (exact) mass is 406 g/mol. The zero-order chi connectivity index (χ0) is 20.6. The van der Waals surface area contributed by atoms with Crippen LogP contribution in [0, 0.1) is 0 Å². The lowest BCUT2D eigenvalue weighted by Gasteiger charge is -2.13. The van der Waals surface area contributed by atoms with Gasteiger partial charge in [0, 0.05) is 28.7 Å². The molecule has 0 aliphatic heterocycles. The summed E-state index contributed by atoms with van der Waals surface area (Å²) in [6.07, 6.45) is 3.43. The molecular formula is C23H23ClN4O. The van der Waals surface area contributed by atoms with E-state index in [2.05, 4.69) is 46.6 Å². The summed E-state index contributed by atoms with van der Waals surface area (Å²) in [7, 11) is 0. The Labute approximate surface area is 175 Å². The molecule has 3 rings (SSSR count). The van der Waals surface area contributed by atoms with Crippen LogP contribution in [0.15, 0.2) is 78.0 Å². The third-order valence-electron chi connectivity index (χ3n) is 4.35. The van der Waals surface area contributed by atoms with E-state index in [-0.39, 0.29) is 5.91 Å². The summed E-state index contributed by atoms with van der Waals surface area (Å²) in [5, 5.41) is 6.63. The molecule has 0 aliphatic carbocycles. The molecule has 6 heteroatoms. The molecule has 0 saturated heterocycles. The van der Waals surface area contributed by atoms with E-state index < -0.39 is 0 Å². The van der Waals surface area contributed by atoms with E-state index in [4.69, 9.17) is 11.6 Å². The van der Waals surface area contributed by atoms with Crippen LogP contribution in [-0.4, -0.2) is 16.9 Å². The third-order valence-corrected chi connectivity index (χ3v) is 4.60. The SMILES string of the molecule is CC(C)c1ccc(NC(=NCc2ccncc2)NC(=O)c2ccc(Cl)cc2)cc1. The molecule has 0 unspecified atom stereocenters. The molecule has 0 spiro atoms. The molecular weight excluding hydrogens is 384 g/mol. The third kappa shape index (κ3) is 6.16. The summed E-state index contributed by atoms with van der Waals surface area (Å²) in [4.78, 5) is 21.2. The Bertz CT molecular complexity index is 968. The Kier molecular flexibility index (Phi) is 6.98. The van der Waals surface area contributed by atoms with Crippen LogP contribution in [-0.2, 0) is 6.54 Å². The van der Waals surface area contributed by atoms with Gasteiger partial charge in [-0.2, -0.15) is 0 Å². The number of nitrogens with one attached hydrogen (secondary N) is 2. The highest BCUT2D eigenvalue weighted by Crippen LogP contribution is 2.17. The molecule has 2 N–H and O–H groups in total. The van der Waals surface area contributed by atoms with Crippen LogP contribution in [0.25, 0.3) is 0 Å². The van der Waals surface area contributed by atoms with Crippen molar-refractivity contribution in [2.75, 3.05) is 5.32 Å². The number of aliphatic imine (C=N–C) groups is 1. The number of amides is 1. The summed E-state index contributed by atoms with van der Waals surface area (Å²) in [6, 6.07) is 18.6. The van der Waals surface area contributed by atoms with Crippen molar-refractivity contribution in [2.24, 2.45) is 4.99 Å². The average Bonchev–Trinajstić information content (AvgIpc) is 2.73. The largest absolute Gasteiger partial charge is 0.326 e. The lowest BCUT2D eigenvalue weighted by atomic mass is 10.0. The Morgan fingerprint density at radius 3 is 2.28 bits per heavy atom. The molecule has 0 fully saturated rings. The molecule has 0 aliphatic rings. The summed E-state index contributed by atoms with van der Waals surface area (Å²) in [6.45, 7) is 4.71. The standard InChI is InChI=1S/C23H23ClN4O/c1-16(2)18-5-9-21(10-6-18)27-23(26-15-17-11-13-25-14-12-17)28-22(29)19-3-7-20(24)8-4-19/h3-14,16H,15H2,1-2H3,(H2,26,27,28,29). The van der Waals surface area contributed by atoms with Crippen LogP contribution >= 0.6 is 11.6 Å². The van der Waals surface area contributed by atoms with Gasteiger partial charge in [-0.3, -0.25) is 15.1 Å².